The van der Waals surface area contributed by atoms with Gasteiger partial charge >= 0.3 is 0 Å². The van der Waals surface area contributed by atoms with Crippen molar-refractivity contribution in [2.45, 2.75) is 57.8 Å². The highest BCUT2D eigenvalue weighted by molar-refractivity contribution is 6.33. The van der Waals surface area contributed by atoms with Gasteiger partial charge in [-0.15, -0.1) is 0 Å². The molecular weight excluding hydrogens is 350 g/mol. The first-order chi connectivity index (χ1) is 12.5. The van der Waals surface area contributed by atoms with Crippen molar-refractivity contribution >= 4 is 23.2 Å². The fraction of sp³-hybridized carbons (Fsp3) is 0.700. The van der Waals surface area contributed by atoms with Gasteiger partial charge < -0.3 is 15.6 Å². The number of aromatic amines is 1. The van der Waals surface area contributed by atoms with E-state index in [1.165, 1.54) is 44.7 Å². The lowest BCUT2D eigenvalue weighted by Gasteiger charge is -2.35. The Bertz CT molecular complexity index is 674. The molecule has 0 aromatic carbocycles. The molecule has 1 aliphatic carbocycles. The molecule has 0 atom stereocenters. The SMILES string of the molecule is Nc1[nH]c(=O)c(C(=O)CCC2CCN(CC3CCCCC3)CC2)cc1Cl. The van der Waals surface area contributed by atoms with Crippen LogP contribution in [-0.4, -0.2) is 35.3 Å². The summed E-state index contributed by atoms with van der Waals surface area (Å²) in [6, 6.07) is 1.39. The second kappa shape index (κ2) is 9.05. The number of pyridine rings is 1. The van der Waals surface area contributed by atoms with Gasteiger partial charge in [-0.3, -0.25) is 9.59 Å². The summed E-state index contributed by atoms with van der Waals surface area (Å²) in [5, 5.41) is 0.226. The summed E-state index contributed by atoms with van der Waals surface area (Å²) >= 11 is 5.92. The van der Waals surface area contributed by atoms with Gasteiger partial charge in [-0.2, -0.15) is 0 Å². The summed E-state index contributed by atoms with van der Waals surface area (Å²) in [4.78, 5) is 29.3. The molecule has 0 unspecified atom stereocenters. The van der Waals surface area contributed by atoms with Crippen LogP contribution in [0.5, 0.6) is 0 Å². The van der Waals surface area contributed by atoms with E-state index in [1.54, 1.807) is 0 Å². The number of rotatable bonds is 6. The van der Waals surface area contributed by atoms with Crippen molar-refractivity contribution in [2.75, 3.05) is 25.4 Å². The molecule has 6 heteroatoms. The molecule has 2 fully saturated rings. The number of nitrogens with zero attached hydrogens (tertiary/aromatic N) is 1. The number of nitrogens with one attached hydrogen (secondary N) is 1. The van der Waals surface area contributed by atoms with Crippen molar-refractivity contribution < 1.29 is 4.79 Å². The second-order valence-electron chi connectivity index (χ2n) is 7.98. The van der Waals surface area contributed by atoms with Crippen molar-refractivity contribution in [1.29, 1.82) is 0 Å². The molecule has 26 heavy (non-hydrogen) atoms. The Hall–Kier alpha value is -1.33. The number of nitrogens with two attached hydrogens (primary N) is 1. The quantitative estimate of drug-likeness (QED) is 0.735. The third kappa shape index (κ3) is 5.10. The number of hydrogen-bond donors (Lipinski definition) is 2. The topological polar surface area (TPSA) is 79.2 Å². The predicted octanol–water partition coefficient (Wildman–Crippen LogP) is 3.87. The molecule has 1 aromatic heterocycles. The predicted molar refractivity (Wildman–Crippen MR) is 106 cm³/mol. The van der Waals surface area contributed by atoms with Crippen LogP contribution in [-0.2, 0) is 0 Å². The summed E-state index contributed by atoms with van der Waals surface area (Å²) in [6.07, 6.45) is 10.6. The lowest BCUT2D eigenvalue weighted by atomic mass is 9.87. The van der Waals surface area contributed by atoms with Crippen LogP contribution >= 0.6 is 11.6 Å². The van der Waals surface area contributed by atoms with Crippen LogP contribution in [0, 0.1) is 11.8 Å². The molecule has 0 amide bonds. The molecule has 5 nitrogen and oxygen atoms in total. The Morgan fingerprint density at radius 1 is 1.15 bits per heavy atom. The number of carbonyl (C=O) groups is 1. The number of H-pyrrole nitrogens is 1. The zero-order valence-corrected chi connectivity index (χ0v) is 16.2. The first-order valence-corrected chi connectivity index (χ1v) is 10.3. The molecule has 3 N–H and O–H groups in total. The van der Waals surface area contributed by atoms with Crippen molar-refractivity contribution in [3.8, 4) is 0 Å². The third-order valence-corrected chi connectivity index (χ3v) is 6.36. The molecular formula is C20H30ClN3O2. The molecule has 0 spiro atoms. The van der Waals surface area contributed by atoms with Crippen LogP contribution in [0.3, 0.4) is 0 Å². The average Bonchev–Trinajstić information content (AvgIpc) is 2.65. The highest BCUT2D eigenvalue weighted by atomic mass is 35.5. The van der Waals surface area contributed by atoms with Gasteiger partial charge in [0.2, 0.25) is 0 Å². The van der Waals surface area contributed by atoms with Crippen LogP contribution in [0.1, 0.15) is 68.1 Å². The van der Waals surface area contributed by atoms with Crippen LogP contribution < -0.4 is 11.3 Å². The van der Waals surface area contributed by atoms with Crippen molar-refractivity contribution in [3.05, 3.63) is 27.0 Å². The maximum atomic E-state index is 12.4. The van der Waals surface area contributed by atoms with E-state index in [0.29, 0.717) is 12.3 Å². The first-order valence-electron chi connectivity index (χ1n) is 9.96. The van der Waals surface area contributed by atoms with Gasteiger partial charge in [0.1, 0.15) is 5.82 Å². The molecule has 0 radical (unpaired) electrons. The van der Waals surface area contributed by atoms with Crippen LogP contribution in [0.4, 0.5) is 5.82 Å². The summed E-state index contributed by atoms with van der Waals surface area (Å²) in [5.41, 5.74) is 5.24. The minimum Gasteiger partial charge on any atom is -0.384 e. The van der Waals surface area contributed by atoms with Gasteiger partial charge in [0.05, 0.1) is 10.6 Å². The number of Topliss-reactive ketones (excluding diaryl/α,β-unsaturated/α-hetero) is 1. The number of nitrogen functional groups attached to an aromatic ring is 1. The van der Waals surface area contributed by atoms with Crippen molar-refractivity contribution in [3.63, 3.8) is 0 Å². The number of likely N-dealkylation sites (tertiary alicyclic amines) is 1. The van der Waals surface area contributed by atoms with E-state index in [2.05, 4.69) is 9.88 Å². The second-order valence-corrected chi connectivity index (χ2v) is 8.39. The largest absolute Gasteiger partial charge is 0.384 e. The number of ketones is 1. The van der Waals surface area contributed by atoms with E-state index in [0.717, 1.165) is 38.3 Å². The summed E-state index contributed by atoms with van der Waals surface area (Å²) in [7, 11) is 0. The Balaban J connectivity index is 1.43. The Morgan fingerprint density at radius 3 is 2.54 bits per heavy atom. The lowest BCUT2D eigenvalue weighted by Crippen LogP contribution is -2.37. The van der Waals surface area contributed by atoms with E-state index >= 15 is 0 Å². The molecule has 2 heterocycles. The van der Waals surface area contributed by atoms with E-state index in [4.69, 9.17) is 17.3 Å². The number of carbonyl (C=O) groups excluding carboxylic acids is 1. The average molecular weight is 380 g/mol. The van der Waals surface area contributed by atoms with Crippen LogP contribution in [0.2, 0.25) is 5.02 Å². The monoisotopic (exact) mass is 379 g/mol. The number of piperidine rings is 1. The highest BCUT2D eigenvalue weighted by Gasteiger charge is 2.23. The summed E-state index contributed by atoms with van der Waals surface area (Å²) in [6.45, 7) is 3.54. The molecule has 144 valence electrons. The Kier molecular flexibility index (Phi) is 6.76. The maximum absolute atomic E-state index is 12.4. The number of anilines is 1. The molecule has 1 saturated carbocycles. The van der Waals surface area contributed by atoms with Gasteiger partial charge in [0, 0.05) is 13.0 Å². The highest BCUT2D eigenvalue weighted by Crippen LogP contribution is 2.28. The minimum atomic E-state index is -0.445. The maximum Gasteiger partial charge on any atom is 0.260 e. The molecule has 0 bridgehead atoms. The van der Waals surface area contributed by atoms with E-state index in [-0.39, 0.29) is 22.2 Å². The standard InChI is InChI=1S/C20H30ClN3O2/c21-17-12-16(20(26)23-19(17)22)18(25)7-6-14-8-10-24(11-9-14)13-15-4-2-1-3-5-15/h12,14-15H,1-11,13H2,(H3,22,23,26). The number of hydrogen-bond acceptors (Lipinski definition) is 4. The fourth-order valence-corrected chi connectivity index (χ4v) is 4.55. The lowest BCUT2D eigenvalue weighted by molar-refractivity contribution is 0.0955. The molecule has 1 aliphatic heterocycles. The molecule has 1 aromatic rings. The Morgan fingerprint density at radius 2 is 1.85 bits per heavy atom. The minimum absolute atomic E-state index is 0.110. The third-order valence-electron chi connectivity index (χ3n) is 6.05. The van der Waals surface area contributed by atoms with Crippen LogP contribution in [0.25, 0.3) is 0 Å². The van der Waals surface area contributed by atoms with Crippen molar-refractivity contribution in [2.24, 2.45) is 11.8 Å². The first kappa shape index (κ1) is 19.4. The summed E-state index contributed by atoms with van der Waals surface area (Å²) < 4.78 is 0. The zero-order chi connectivity index (χ0) is 18.5. The van der Waals surface area contributed by atoms with E-state index in [9.17, 15) is 9.59 Å². The van der Waals surface area contributed by atoms with Gasteiger partial charge in [0.15, 0.2) is 5.78 Å². The van der Waals surface area contributed by atoms with Gasteiger partial charge in [-0.05, 0) is 63.1 Å². The molecule has 2 aliphatic rings. The van der Waals surface area contributed by atoms with Gasteiger partial charge in [0.25, 0.3) is 5.56 Å². The summed E-state index contributed by atoms with van der Waals surface area (Å²) in [5.74, 6) is 1.44. The van der Waals surface area contributed by atoms with Crippen LogP contribution in [0.15, 0.2) is 10.9 Å². The Labute approximate surface area is 160 Å². The number of aromatic nitrogens is 1. The smallest absolute Gasteiger partial charge is 0.260 e. The van der Waals surface area contributed by atoms with Gasteiger partial charge in [-0.25, -0.2) is 0 Å². The normalized spacial score (nSPS) is 20.3. The zero-order valence-electron chi connectivity index (χ0n) is 15.4. The van der Waals surface area contributed by atoms with E-state index < -0.39 is 5.56 Å². The number of halogens is 1. The fourth-order valence-electron chi connectivity index (χ4n) is 4.39. The van der Waals surface area contributed by atoms with Crippen molar-refractivity contribution in [1.82, 2.24) is 9.88 Å². The molecule has 3 rings (SSSR count). The molecule has 1 saturated heterocycles. The van der Waals surface area contributed by atoms with Gasteiger partial charge in [-0.1, -0.05) is 30.9 Å². The van der Waals surface area contributed by atoms with E-state index in [1.807, 2.05) is 0 Å².